The molecule has 2 aliphatic heterocycles. The molecule has 0 aliphatic carbocycles. The first-order chi connectivity index (χ1) is 63.6. The van der Waals surface area contributed by atoms with Crippen LogP contribution >= 0.6 is 11.8 Å². The van der Waals surface area contributed by atoms with Crippen molar-refractivity contribution in [3.8, 4) is 0 Å². The first-order valence-corrected chi connectivity index (χ1v) is 46.6. The van der Waals surface area contributed by atoms with Crippen LogP contribution in [0.15, 0.2) is 104 Å². The van der Waals surface area contributed by atoms with Gasteiger partial charge in [0.05, 0.1) is 62.2 Å². The number of Topliss-reactive ketones (excluding diaryl/α,β-unsaturated/α-hetero) is 4. The maximum absolute atomic E-state index is 15.7. The summed E-state index contributed by atoms with van der Waals surface area (Å²) in [6.45, 7) is 2.99. The van der Waals surface area contributed by atoms with Gasteiger partial charge in [-0.1, -0.05) is 113 Å². The van der Waals surface area contributed by atoms with E-state index in [0.717, 1.165) is 21.6 Å². The van der Waals surface area contributed by atoms with E-state index in [2.05, 4.69) is 57.2 Å². The number of likely N-dealkylation sites (N-methyl/N-ethyl adjacent to an activating group) is 4. The smallest absolute Gasteiger partial charge is 0.246 e. The van der Waals surface area contributed by atoms with Crippen molar-refractivity contribution >= 4 is 139 Å². The quantitative estimate of drug-likeness (QED) is 0.0187. The summed E-state index contributed by atoms with van der Waals surface area (Å²) in [6, 6.07) is 10.0. The summed E-state index contributed by atoms with van der Waals surface area (Å²) < 4.78 is 0. The molecular formula is C93H131N21O18S. The number of nitrogens with zero attached hydrogens (tertiary/aromatic N) is 6. The minimum atomic E-state index is -1.70. The number of aliphatic hydroxyl groups excluding tert-OH is 1. The number of aromatic nitrogens is 4. The van der Waals surface area contributed by atoms with Gasteiger partial charge in [0.2, 0.25) is 76.8 Å². The van der Waals surface area contributed by atoms with Gasteiger partial charge in [0.1, 0.15) is 42.0 Å². The predicted molar refractivity (Wildman–Crippen MR) is 498 cm³/mol. The Bertz CT molecular complexity index is 5050. The van der Waals surface area contributed by atoms with Crippen molar-refractivity contribution in [3.63, 3.8) is 0 Å². The van der Waals surface area contributed by atoms with Gasteiger partial charge in [-0.25, -0.2) is 4.98 Å². The minimum absolute atomic E-state index is 0.0390. The number of primary amides is 2. The van der Waals surface area contributed by atoms with Gasteiger partial charge in [-0.05, 0) is 100 Å². The number of para-hydroxylation sites is 2. The molecule has 6 aromatic rings. The lowest BCUT2D eigenvalue weighted by atomic mass is 9.84. The second-order valence-electron chi connectivity index (χ2n) is 34.5. The average Bonchev–Trinajstić information content (AvgIpc) is 1.80. The molecule has 0 radical (unpaired) electrons. The first kappa shape index (κ1) is 106. The molecule has 20 N–H and O–H groups in total. The highest BCUT2D eigenvalue weighted by atomic mass is 32.2. The number of carbonyl (C=O) groups is 17. The number of nitrogens with one attached hydrogen (secondary N) is 11. The normalized spacial score (nSPS) is 23.6. The molecule has 2 fully saturated rings. The third-order valence-electron chi connectivity index (χ3n) is 24.6. The van der Waals surface area contributed by atoms with Gasteiger partial charge in [-0.2, -0.15) is 0 Å². The van der Waals surface area contributed by atoms with E-state index in [1.807, 2.05) is 13.8 Å². The molecule has 5 heterocycles. The number of benzene rings is 3. The van der Waals surface area contributed by atoms with Gasteiger partial charge in [0.25, 0.3) is 0 Å². The standard InChI is InChI=1S/C93H131N21O18S/c1-8-10-31-73-78(118)41-57(26-21-35-100-93(97)98)85(125)109-72(87(127)103-49-81(96)121)52-133-53-83(123)106-69(37-56-23-13-12-14-24-56)89(129)111(5)55(3)84(124)107-71(45-80(95)120)91(131)114-36-22-33-74(114)79(119)43-59(38-63-48-99-54-104-63)76(116)42-58(25-19-20-34-94)88(128)110(4)50-82(122)105-68(39-60-46-101-66-29-17-15-27-64(60)66)77(117)44-62(51-115)86(126)108-70(40-61-47-102-67-30-18-16-28-65(61)67)90(130)113(7)75(32-11-9-2)92(132)112(73)6/h12-18,23-24,27-30,46-48,54-55,57-59,62,68-75,101-102,115H,8-11,19-22,25-26,31-45,49-53,94H2,1-7H3,(H2,95,120)(H2,96,121)(H,99,104)(H,103,127)(H,105,122)(H,106,123)(H,107,124)(H,108,126)(H,109,125)(H4,97,98,100)/t55-,57+,58+,59+,62-,68-,69-,70-,71-,72-,73-,74-,75+/m0/s1. The molecule has 722 valence electrons. The van der Waals surface area contributed by atoms with Gasteiger partial charge in [0, 0.05) is 156 Å². The number of ketones is 4. The summed E-state index contributed by atoms with van der Waals surface area (Å²) >= 11 is 0.823. The van der Waals surface area contributed by atoms with Crippen LogP contribution in [0.5, 0.6) is 0 Å². The van der Waals surface area contributed by atoms with Gasteiger partial charge < -0.3 is 105 Å². The highest BCUT2D eigenvalue weighted by Gasteiger charge is 2.44. The SMILES string of the molecule is CCCC[C@@H]1C(=O)N(C)[C@@H](CCCC)C(=O)C[C@@H](CCCNC(=N)N)C(=O)N[C@H](C(=O)NCC(N)=O)CSCC(=O)N[C@@H](Cc2ccccc2)C(=O)N(C)[C@@H](C)C(=O)N[C@@H](CC(N)=O)C(=O)N2CCC[C@H]2C(=O)C[C@@H](Cc2cnc[nH]2)C(=O)C[C@@H](CCCCN)C(=O)N(C)CC(=O)N[C@@H](Cc2c[nH]c3ccccc23)C(=O)C[C@@H](CO)C(=O)N[C@@H](Cc2c[nH]c3ccccc23)C(=O)N1C. The van der Waals surface area contributed by atoms with Crippen molar-refractivity contribution in [1.82, 2.24) is 81.7 Å². The van der Waals surface area contributed by atoms with Crippen molar-refractivity contribution in [3.05, 3.63) is 126 Å². The highest BCUT2D eigenvalue weighted by molar-refractivity contribution is 8.00. The Balaban J connectivity index is 1.18. The molecule has 39 nitrogen and oxygen atoms in total. The maximum atomic E-state index is 15.7. The fourth-order valence-corrected chi connectivity index (χ4v) is 17.8. The molecule has 13 atom stereocenters. The van der Waals surface area contributed by atoms with Crippen LogP contribution in [0, 0.1) is 29.1 Å². The molecule has 8 rings (SSSR count). The van der Waals surface area contributed by atoms with E-state index >= 15 is 33.6 Å². The molecule has 133 heavy (non-hydrogen) atoms. The first-order valence-electron chi connectivity index (χ1n) is 45.4. The van der Waals surface area contributed by atoms with E-state index in [0.29, 0.717) is 82.7 Å². The Hall–Kier alpha value is -12.7. The molecular weight excluding hydrogens is 1730 g/mol. The van der Waals surface area contributed by atoms with Crippen LogP contribution in [0.25, 0.3) is 21.8 Å². The average molecular weight is 1860 g/mol. The maximum Gasteiger partial charge on any atom is 0.246 e. The molecule has 0 unspecified atom stereocenters. The fourth-order valence-electron chi connectivity index (χ4n) is 17.0. The molecule has 40 heteroatoms. The summed E-state index contributed by atoms with van der Waals surface area (Å²) in [4.78, 5) is 269. The van der Waals surface area contributed by atoms with Crippen molar-refractivity contribution < 1.29 is 86.6 Å². The molecule has 3 aromatic carbocycles. The van der Waals surface area contributed by atoms with E-state index in [1.165, 1.54) is 62.3 Å². The van der Waals surface area contributed by atoms with Crippen LogP contribution in [0.1, 0.15) is 159 Å². The van der Waals surface area contributed by atoms with E-state index in [9.17, 15) is 53.1 Å². The number of guanidine groups is 1. The number of aliphatic hydroxyl groups is 1. The van der Waals surface area contributed by atoms with Gasteiger partial charge in [-0.3, -0.25) is 86.9 Å². The van der Waals surface area contributed by atoms with Crippen molar-refractivity contribution in [2.45, 2.75) is 216 Å². The lowest BCUT2D eigenvalue weighted by molar-refractivity contribution is -0.149. The molecule has 2 saturated heterocycles. The third kappa shape index (κ3) is 31.2. The number of fused-ring (bicyclic) bond motifs is 3. The molecule has 3 aromatic heterocycles. The van der Waals surface area contributed by atoms with Crippen molar-refractivity contribution in [2.75, 3.05) is 79.0 Å². The lowest BCUT2D eigenvalue weighted by Gasteiger charge is -2.36. The van der Waals surface area contributed by atoms with E-state index in [1.54, 1.807) is 91.3 Å². The number of aromatic amines is 3. The van der Waals surface area contributed by atoms with Crippen molar-refractivity contribution in [2.24, 2.45) is 46.6 Å². The van der Waals surface area contributed by atoms with Crippen molar-refractivity contribution in [1.29, 1.82) is 5.41 Å². The summed E-state index contributed by atoms with van der Waals surface area (Å²) in [5.74, 6) is -19.9. The van der Waals surface area contributed by atoms with Crippen LogP contribution < -0.4 is 60.2 Å². The zero-order valence-corrected chi connectivity index (χ0v) is 77.6. The molecule has 13 amide bonds. The number of amides is 13. The van der Waals surface area contributed by atoms with Crippen LogP contribution in [0.3, 0.4) is 0 Å². The van der Waals surface area contributed by atoms with Crippen LogP contribution in [-0.4, -0.2) is 289 Å². The van der Waals surface area contributed by atoms with E-state index < -0.39 is 241 Å². The molecule has 0 bridgehead atoms. The summed E-state index contributed by atoms with van der Waals surface area (Å²) in [6.07, 6.45) is 5.79. The van der Waals surface area contributed by atoms with Gasteiger partial charge >= 0.3 is 0 Å². The minimum Gasteiger partial charge on any atom is -0.396 e. The largest absolute Gasteiger partial charge is 0.396 e. The predicted octanol–water partition coefficient (Wildman–Crippen LogP) is 1.31. The van der Waals surface area contributed by atoms with Crippen LogP contribution in [0.4, 0.5) is 0 Å². The summed E-state index contributed by atoms with van der Waals surface area (Å²) in [5, 5.41) is 39.1. The van der Waals surface area contributed by atoms with E-state index in [-0.39, 0.29) is 96.0 Å². The van der Waals surface area contributed by atoms with Gasteiger partial charge in [-0.15, -0.1) is 11.8 Å². The molecule has 2 aliphatic rings. The van der Waals surface area contributed by atoms with Gasteiger partial charge in [0.15, 0.2) is 23.3 Å². The molecule has 0 saturated carbocycles. The zero-order chi connectivity index (χ0) is 97.1. The number of nitrogens with two attached hydrogens (primary N) is 4. The number of unbranched alkanes of at least 4 members (excludes halogenated alkanes) is 3. The van der Waals surface area contributed by atoms with Crippen LogP contribution in [0.2, 0.25) is 0 Å². The number of imidazole rings is 1. The fraction of sp³-hybridized carbons (Fsp3) is 0.538. The summed E-state index contributed by atoms with van der Waals surface area (Å²) in [7, 11) is 5.42. The second kappa shape index (κ2) is 52.5. The lowest BCUT2D eigenvalue weighted by Crippen LogP contribution is -2.58. The number of rotatable bonds is 28. The number of thioether (sulfide) groups is 1. The Morgan fingerprint density at radius 3 is 1.73 bits per heavy atom. The number of H-pyrrole nitrogens is 3. The molecule has 0 spiro atoms. The topological polar surface area (TPSA) is 599 Å². The Labute approximate surface area is 777 Å². The Kier molecular flexibility index (Phi) is 41.7. The Morgan fingerprint density at radius 2 is 1.11 bits per heavy atom. The second-order valence-corrected chi connectivity index (χ2v) is 35.6. The number of hydrogen-bond acceptors (Lipinski definition) is 22. The monoisotopic (exact) mass is 1860 g/mol. The number of carbonyl (C=O) groups excluding carboxylic acids is 17. The van der Waals surface area contributed by atoms with E-state index in [4.69, 9.17) is 28.3 Å². The highest BCUT2D eigenvalue weighted by Crippen LogP contribution is 2.30. The number of hydrogen-bond donors (Lipinski definition) is 16. The zero-order valence-electron chi connectivity index (χ0n) is 76.8. The Morgan fingerprint density at radius 1 is 0.541 bits per heavy atom. The van der Waals surface area contributed by atoms with Crippen LogP contribution in [-0.2, 0) is 107 Å². The third-order valence-corrected chi connectivity index (χ3v) is 25.6. The summed E-state index contributed by atoms with van der Waals surface area (Å²) in [5.41, 5.74) is 26.3.